The molecule has 2 nitrogen and oxygen atoms in total. The highest BCUT2D eigenvalue weighted by Gasteiger charge is 2.59. The van der Waals surface area contributed by atoms with Crippen LogP contribution >= 0.6 is 0 Å². The fraction of sp³-hybridized carbons (Fsp3) is 0.600. The van der Waals surface area contributed by atoms with Crippen molar-refractivity contribution in [3.05, 3.63) is 42.0 Å². The molecule has 4 aliphatic rings. The molecule has 0 spiro atoms. The molecule has 4 aliphatic carbocycles. The van der Waals surface area contributed by atoms with Gasteiger partial charge in [0.05, 0.1) is 6.61 Å². The van der Waals surface area contributed by atoms with Gasteiger partial charge in [-0.25, -0.2) is 0 Å². The maximum atomic E-state index is 6.02. The molecule has 2 unspecified atom stereocenters. The second-order valence-electron chi connectivity index (χ2n) is 10.5. The summed E-state index contributed by atoms with van der Waals surface area (Å²) in [4.78, 5) is 0. The SMILES string of the molecule is CCOc1ccc2ccccc2c1CNC12CC3CC(C)(CC(C)(C3)C1)C2. The third kappa shape index (κ3) is 2.97. The average molecular weight is 364 g/mol. The topological polar surface area (TPSA) is 21.3 Å². The van der Waals surface area contributed by atoms with Gasteiger partial charge >= 0.3 is 0 Å². The van der Waals surface area contributed by atoms with Gasteiger partial charge in [-0.05, 0) is 79.0 Å². The van der Waals surface area contributed by atoms with Crippen molar-refractivity contribution in [2.45, 2.75) is 71.4 Å². The molecule has 144 valence electrons. The van der Waals surface area contributed by atoms with Gasteiger partial charge in [0.1, 0.15) is 5.75 Å². The third-order valence-electron chi connectivity index (χ3n) is 7.56. The number of hydrogen-bond acceptors (Lipinski definition) is 2. The molecule has 2 heteroatoms. The van der Waals surface area contributed by atoms with Crippen molar-refractivity contribution in [1.29, 1.82) is 0 Å². The standard InChI is InChI=1S/C25H33NO/c1-4-27-22-10-9-19-7-5-6-8-20(19)21(22)14-26-25-13-18-11-23(2,16-25)15-24(3,12-18)17-25/h5-10,18,26H,4,11-17H2,1-3H3. The highest BCUT2D eigenvalue weighted by molar-refractivity contribution is 5.87. The Hall–Kier alpha value is -1.54. The summed E-state index contributed by atoms with van der Waals surface area (Å²) in [6.45, 7) is 8.81. The van der Waals surface area contributed by atoms with Gasteiger partial charge in [-0.2, -0.15) is 0 Å². The molecule has 6 rings (SSSR count). The molecule has 0 amide bonds. The average Bonchev–Trinajstić information content (AvgIpc) is 2.58. The minimum absolute atomic E-state index is 0.323. The molecular formula is C25H33NO. The van der Waals surface area contributed by atoms with E-state index >= 15 is 0 Å². The lowest BCUT2D eigenvalue weighted by atomic mass is 9.43. The van der Waals surface area contributed by atoms with Crippen LogP contribution in [-0.2, 0) is 6.54 Å². The van der Waals surface area contributed by atoms with Crippen LogP contribution in [0, 0.1) is 16.7 Å². The van der Waals surface area contributed by atoms with Crippen molar-refractivity contribution in [3.8, 4) is 5.75 Å². The minimum atomic E-state index is 0.323. The molecule has 4 bridgehead atoms. The van der Waals surface area contributed by atoms with Crippen molar-refractivity contribution < 1.29 is 4.74 Å². The van der Waals surface area contributed by atoms with Gasteiger partial charge in [0.25, 0.3) is 0 Å². The predicted octanol–water partition coefficient (Wildman–Crippen LogP) is 6.08. The lowest BCUT2D eigenvalue weighted by Crippen LogP contribution is -2.63. The molecule has 4 saturated carbocycles. The van der Waals surface area contributed by atoms with Gasteiger partial charge in [0.15, 0.2) is 0 Å². The maximum absolute atomic E-state index is 6.02. The third-order valence-corrected chi connectivity index (χ3v) is 7.56. The lowest BCUT2D eigenvalue weighted by Gasteiger charge is -2.65. The summed E-state index contributed by atoms with van der Waals surface area (Å²) in [5.74, 6) is 1.97. The summed E-state index contributed by atoms with van der Waals surface area (Å²) >= 11 is 0. The van der Waals surface area contributed by atoms with Gasteiger partial charge in [0.2, 0.25) is 0 Å². The van der Waals surface area contributed by atoms with Crippen molar-refractivity contribution >= 4 is 10.8 Å². The number of ether oxygens (including phenoxy) is 1. The number of rotatable bonds is 5. The van der Waals surface area contributed by atoms with Crippen LogP contribution in [0.5, 0.6) is 5.75 Å². The molecule has 4 fully saturated rings. The highest BCUT2D eigenvalue weighted by Crippen LogP contribution is 2.66. The first-order valence-corrected chi connectivity index (χ1v) is 10.8. The van der Waals surface area contributed by atoms with Crippen LogP contribution < -0.4 is 10.1 Å². The number of nitrogens with one attached hydrogen (secondary N) is 1. The summed E-state index contributed by atoms with van der Waals surface area (Å²) < 4.78 is 6.02. The summed E-state index contributed by atoms with van der Waals surface area (Å²) in [5.41, 5.74) is 2.75. The molecule has 27 heavy (non-hydrogen) atoms. The van der Waals surface area contributed by atoms with Gasteiger partial charge in [-0.15, -0.1) is 0 Å². The van der Waals surface area contributed by atoms with E-state index in [1.807, 2.05) is 0 Å². The highest BCUT2D eigenvalue weighted by atomic mass is 16.5. The molecular weight excluding hydrogens is 330 g/mol. The van der Waals surface area contributed by atoms with Crippen molar-refractivity contribution in [2.75, 3.05) is 6.61 Å². The first-order chi connectivity index (χ1) is 12.9. The summed E-state index contributed by atoms with van der Waals surface area (Å²) in [5, 5.41) is 6.74. The van der Waals surface area contributed by atoms with Crippen LogP contribution in [0.25, 0.3) is 10.8 Å². The van der Waals surface area contributed by atoms with Crippen molar-refractivity contribution in [1.82, 2.24) is 5.32 Å². The van der Waals surface area contributed by atoms with Gasteiger partial charge in [-0.3, -0.25) is 0 Å². The number of benzene rings is 2. The van der Waals surface area contributed by atoms with E-state index in [4.69, 9.17) is 4.74 Å². The first kappa shape index (κ1) is 17.6. The van der Waals surface area contributed by atoms with E-state index < -0.39 is 0 Å². The van der Waals surface area contributed by atoms with Crippen molar-refractivity contribution in [2.24, 2.45) is 16.7 Å². The fourth-order valence-electron chi connectivity index (χ4n) is 7.71. The zero-order valence-corrected chi connectivity index (χ0v) is 17.1. The van der Waals surface area contributed by atoms with Gasteiger partial charge < -0.3 is 10.1 Å². The Morgan fingerprint density at radius 1 is 0.963 bits per heavy atom. The van der Waals surface area contributed by atoms with E-state index in [0.29, 0.717) is 23.0 Å². The summed E-state index contributed by atoms with van der Waals surface area (Å²) in [6.07, 6.45) is 8.39. The smallest absolute Gasteiger partial charge is 0.124 e. The summed E-state index contributed by atoms with van der Waals surface area (Å²) in [7, 11) is 0. The molecule has 1 N–H and O–H groups in total. The predicted molar refractivity (Wildman–Crippen MR) is 112 cm³/mol. The zero-order valence-electron chi connectivity index (χ0n) is 17.1. The Balaban J connectivity index is 1.47. The Morgan fingerprint density at radius 2 is 1.70 bits per heavy atom. The Kier molecular flexibility index (Phi) is 3.89. The van der Waals surface area contributed by atoms with E-state index in [9.17, 15) is 0 Å². The Bertz CT molecular complexity index is 854. The first-order valence-electron chi connectivity index (χ1n) is 10.8. The second kappa shape index (κ2) is 5.98. The molecule has 2 aromatic rings. The molecule has 2 aromatic carbocycles. The van der Waals surface area contributed by atoms with Gasteiger partial charge in [-0.1, -0.05) is 44.2 Å². The molecule has 0 radical (unpaired) electrons. The lowest BCUT2D eigenvalue weighted by molar-refractivity contribution is -0.118. The van der Waals surface area contributed by atoms with Crippen LogP contribution in [0.4, 0.5) is 0 Å². The van der Waals surface area contributed by atoms with E-state index in [1.165, 1.54) is 54.9 Å². The van der Waals surface area contributed by atoms with E-state index in [2.05, 4.69) is 62.5 Å². The van der Waals surface area contributed by atoms with Crippen LogP contribution in [0.1, 0.15) is 64.9 Å². The molecule has 2 atom stereocenters. The van der Waals surface area contributed by atoms with Crippen molar-refractivity contribution in [3.63, 3.8) is 0 Å². The summed E-state index contributed by atoms with van der Waals surface area (Å²) in [6, 6.07) is 13.1. The zero-order chi connectivity index (χ0) is 18.7. The van der Waals surface area contributed by atoms with Crippen LogP contribution in [-0.4, -0.2) is 12.1 Å². The Morgan fingerprint density at radius 3 is 2.41 bits per heavy atom. The molecule has 0 aliphatic heterocycles. The fourth-order valence-corrected chi connectivity index (χ4v) is 7.71. The largest absolute Gasteiger partial charge is 0.494 e. The molecule has 0 aromatic heterocycles. The van der Waals surface area contributed by atoms with Crippen LogP contribution in [0.15, 0.2) is 36.4 Å². The van der Waals surface area contributed by atoms with Crippen LogP contribution in [0.3, 0.4) is 0 Å². The minimum Gasteiger partial charge on any atom is -0.494 e. The number of fused-ring (bicyclic) bond motifs is 1. The maximum Gasteiger partial charge on any atom is 0.124 e. The van der Waals surface area contributed by atoms with E-state index in [-0.39, 0.29) is 0 Å². The molecule has 0 saturated heterocycles. The van der Waals surface area contributed by atoms with E-state index in [0.717, 1.165) is 18.2 Å². The normalized spacial score (nSPS) is 37.1. The van der Waals surface area contributed by atoms with Crippen LogP contribution in [0.2, 0.25) is 0 Å². The quantitative estimate of drug-likeness (QED) is 0.695. The monoisotopic (exact) mass is 363 g/mol. The molecule has 0 heterocycles. The van der Waals surface area contributed by atoms with Gasteiger partial charge in [0, 0.05) is 17.6 Å². The number of hydrogen-bond donors (Lipinski definition) is 1. The van der Waals surface area contributed by atoms with E-state index in [1.54, 1.807) is 0 Å². The Labute approximate surface area is 163 Å². The second-order valence-corrected chi connectivity index (χ2v) is 10.5.